The van der Waals surface area contributed by atoms with Gasteiger partial charge in [0.1, 0.15) is 12.8 Å². The average Bonchev–Trinajstić information content (AvgIpc) is 3.09. The number of esters is 1. The van der Waals surface area contributed by atoms with E-state index in [0.29, 0.717) is 12.1 Å². The molecular formula is C25H27Cl3N4O6Si. The molecule has 39 heavy (non-hydrogen) atoms. The number of carbonyl (C=O) groups excluding carboxylic acids is 3. The summed E-state index contributed by atoms with van der Waals surface area (Å²) in [5, 5.41) is 0.357. The number of pyridine rings is 1. The zero-order chi connectivity index (χ0) is 28.6. The molecule has 0 bridgehead atoms. The fraction of sp³-hybridized carbons (Fsp3) is 0.400. The Kier molecular flexibility index (Phi) is 8.57. The number of carbonyl (C=O) groups is 3. The highest BCUT2D eigenvalue weighted by molar-refractivity contribution is 6.76. The van der Waals surface area contributed by atoms with Gasteiger partial charge >= 0.3 is 11.7 Å². The second kappa shape index (κ2) is 11.4. The molecular weight excluding hydrogens is 587 g/mol. The number of likely N-dealkylation sites (tertiary alicyclic amines) is 1. The van der Waals surface area contributed by atoms with E-state index in [4.69, 9.17) is 44.3 Å². The summed E-state index contributed by atoms with van der Waals surface area (Å²) in [7, 11) is 0.136. The topological polar surface area (TPSA) is 113 Å². The SMILES string of the molecule is Cn1c(=O)n(C2CCC(=O)N(COCC[Si](C)(C)C)C2=O)c2ccc(C(=O)Oc3c(Cl)cc(Cl)cc3Cl)nc21. The number of hydrogen-bond donors (Lipinski definition) is 0. The van der Waals surface area contributed by atoms with Gasteiger partial charge in [-0.3, -0.25) is 23.6 Å². The number of imide groups is 1. The van der Waals surface area contributed by atoms with Gasteiger partial charge in [0.2, 0.25) is 5.91 Å². The van der Waals surface area contributed by atoms with Crippen LogP contribution in [0.5, 0.6) is 5.75 Å². The van der Waals surface area contributed by atoms with Crippen LogP contribution >= 0.6 is 34.8 Å². The molecule has 208 valence electrons. The van der Waals surface area contributed by atoms with E-state index in [1.165, 1.54) is 40.4 Å². The van der Waals surface area contributed by atoms with Crippen LogP contribution in [0.4, 0.5) is 0 Å². The summed E-state index contributed by atoms with van der Waals surface area (Å²) < 4.78 is 13.5. The normalized spacial score (nSPS) is 16.3. The van der Waals surface area contributed by atoms with E-state index in [0.717, 1.165) is 10.9 Å². The first-order valence-electron chi connectivity index (χ1n) is 12.1. The van der Waals surface area contributed by atoms with Crippen LogP contribution in [-0.2, 0) is 21.4 Å². The second-order valence-corrected chi connectivity index (χ2v) is 17.3. The maximum absolute atomic E-state index is 13.3. The predicted octanol–water partition coefficient (Wildman–Crippen LogP) is 4.92. The number of nitrogens with zero attached hydrogens (tertiary/aromatic N) is 4. The second-order valence-electron chi connectivity index (χ2n) is 10.4. The van der Waals surface area contributed by atoms with Crippen molar-refractivity contribution in [3.8, 4) is 5.75 Å². The number of aryl methyl sites for hydroxylation is 1. The third kappa shape index (κ3) is 6.22. The largest absolute Gasteiger partial charge is 0.419 e. The Morgan fingerprint density at radius 3 is 2.41 bits per heavy atom. The minimum absolute atomic E-state index is 0.0415. The minimum atomic E-state index is -1.34. The Labute approximate surface area is 240 Å². The predicted molar refractivity (Wildman–Crippen MR) is 151 cm³/mol. The first-order valence-corrected chi connectivity index (χ1v) is 17.0. The molecule has 14 heteroatoms. The molecule has 4 rings (SSSR count). The van der Waals surface area contributed by atoms with Crippen LogP contribution in [0.25, 0.3) is 11.2 Å². The summed E-state index contributed by atoms with van der Waals surface area (Å²) in [5.41, 5.74) is -0.140. The molecule has 0 saturated carbocycles. The molecule has 1 fully saturated rings. The monoisotopic (exact) mass is 612 g/mol. The number of halogens is 3. The molecule has 1 saturated heterocycles. The molecule has 1 unspecified atom stereocenters. The van der Waals surface area contributed by atoms with Crippen molar-refractivity contribution < 1.29 is 23.9 Å². The first kappa shape index (κ1) is 29.3. The van der Waals surface area contributed by atoms with E-state index in [2.05, 4.69) is 24.6 Å². The molecule has 10 nitrogen and oxygen atoms in total. The molecule has 1 aliphatic heterocycles. The fourth-order valence-electron chi connectivity index (χ4n) is 4.15. The summed E-state index contributed by atoms with van der Waals surface area (Å²) in [6.45, 7) is 6.90. The van der Waals surface area contributed by atoms with Gasteiger partial charge in [-0.1, -0.05) is 54.4 Å². The van der Waals surface area contributed by atoms with Crippen LogP contribution in [-0.4, -0.2) is 58.2 Å². The Morgan fingerprint density at radius 1 is 1.10 bits per heavy atom. The lowest BCUT2D eigenvalue weighted by Gasteiger charge is -2.31. The van der Waals surface area contributed by atoms with E-state index < -0.39 is 31.7 Å². The average molecular weight is 614 g/mol. The maximum atomic E-state index is 13.3. The number of imidazole rings is 1. The number of amides is 2. The van der Waals surface area contributed by atoms with Crippen LogP contribution in [0, 0.1) is 0 Å². The van der Waals surface area contributed by atoms with Gasteiger partial charge in [0.05, 0.1) is 15.6 Å². The fourth-order valence-corrected chi connectivity index (χ4v) is 5.80. The van der Waals surface area contributed by atoms with Crippen molar-refractivity contribution in [2.75, 3.05) is 13.3 Å². The van der Waals surface area contributed by atoms with Crippen LogP contribution in [0.3, 0.4) is 0 Å². The summed E-state index contributed by atoms with van der Waals surface area (Å²) in [5.74, 6) is -1.81. The lowest BCUT2D eigenvalue weighted by atomic mass is 10.0. The van der Waals surface area contributed by atoms with E-state index in [9.17, 15) is 19.2 Å². The van der Waals surface area contributed by atoms with Crippen LogP contribution in [0.2, 0.25) is 40.8 Å². The molecule has 0 N–H and O–H groups in total. The van der Waals surface area contributed by atoms with Crippen molar-refractivity contribution in [2.24, 2.45) is 7.05 Å². The maximum Gasteiger partial charge on any atom is 0.362 e. The van der Waals surface area contributed by atoms with E-state index >= 15 is 0 Å². The van der Waals surface area contributed by atoms with E-state index in [1.54, 1.807) is 0 Å². The highest BCUT2D eigenvalue weighted by Gasteiger charge is 2.38. The Bertz CT molecular complexity index is 1510. The zero-order valence-electron chi connectivity index (χ0n) is 21.8. The summed E-state index contributed by atoms with van der Waals surface area (Å²) in [6, 6.07) is 5.60. The van der Waals surface area contributed by atoms with E-state index in [1.807, 2.05) is 0 Å². The van der Waals surface area contributed by atoms with Crippen molar-refractivity contribution in [1.29, 1.82) is 0 Å². The lowest BCUT2D eigenvalue weighted by molar-refractivity contribution is -0.157. The molecule has 0 spiro atoms. The molecule has 1 aliphatic rings. The van der Waals surface area contributed by atoms with Gasteiger partial charge in [0, 0.05) is 33.2 Å². The molecule has 1 atom stereocenters. The van der Waals surface area contributed by atoms with Gasteiger partial charge in [-0.05, 0) is 36.7 Å². The van der Waals surface area contributed by atoms with Crippen molar-refractivity contribution >= 4 is 71.8 Å². The molecule has 0 radical (unpaired) electrons. The third-order valence-corrected chi connectivity index (χ3v) is 8.79. The zero-order valence-corrected chi connectivity index (χ0v) is 25.1. The summed E-state index contributed by atoms with van der Waals surface area (Å²) in [4.78, 5) is 57.3. The van der Waals surface area contributed by atoms with Crippen molar-refractivity contribution in [1.82, 2.24) is 19.0 Å². The molecule has 1 aromatic carbocycles. The number of benzene rings is 1. The smallest absolute Gasteiger partial charge is 0.362 e. The number of hydrogen-bond acceptors (Lipinski definition) is 7. The van der Waals surface area contributed by atoms with Gasteiger partial charge in [-0.25, -0.2) is 14.6 Å². The molecule has 0 aliphatic carbocycles. The standard InChI is InChI=1S/C25H27Cl3N4O6Si/c1-30-22-18(6-5-17(29-22)24(35)38-21-15(27)11-14(26)12-16(21)28)32(25(30)36)19-7-8-20(33)31(23(19)34)13-37-9-10-39(2,3)4/h5-6,11-12,19H,7-10,13H2,1-4H3. The first-order chi connectivity index (χ1) is 18.3. The van der Waals surface area contributed by atoms with Crippen LogP contribution in [0.1, 0.15) is 29.4 Å². The van der Waals surface area contributed by atoms with Crippen molar-refractivity contribution in [3.05, 3.63) is 55.5 Å². The van der Waals surface area contributed by atoms with E-state index in [-0.39, 0.29) is 57.6 Å². The van der Waals surface area contributed by atoms with Gasteiger partial charge in [0.15, 0.2) is 17.1 Å². The lowest BCUT2D eigenvalue weighted by Crippen LogP contribution is -2.48. The third-order valence-electron chi connectivity index (χ3n) is 6.30. The highest BCUT2D eigenvalue weighted by atomic mass is 35.5. The highest BCUT2D eigenvalue weighted by Crippen LogP contribution is 2.36. The number of fused-ring (bicyclic) bond motifs is 1. The Morgan fingerprint density at radius 2 is 1.77 bits per heavy atom. The quantitative estimate of drug-likeness (QED) is 0.117. The van der Waals surface area contributed by atoms with Crippen molar-refractivity contribution in [3.63, 3.8) is 0 Å². The minimum Gasteiger partial charge on any atom is -0.419 e. The van der Waals surface area contributed by atoms with Crippen molar-refractivity contribution in [2.45, 2.75) is 44.6 Å². The van der Waals surface area contributed by atoms with Gasteiger partial charge < -0.3 is 9.47 Å². The van der Waals surface area contributed by atoms with Crippen LogP contribution < -0.4 is 10.4 Å². The van der Waals surface area contributed by atoms with Crippen LogP contribution in [0.15, 0.2) is 29.1 Å². The molecule has 3 heterocycles. The van der Waals surface area contributed by atoms with Gasteiger partial charge in [-0.2, -0.15) is 0 Å². The Balaban J connectivity index is 1.60. The Hall–Kier alpha value is -2.70. The number of aromatic nitrogens is 3. The molecule has 2 amide bonds. The number of rotatable bonds is 8. The summed E-state index contributed by atoms with van der Waals surface area (Å²) in [6.07, 6.45) is 0.233. The summed E-state index contributed by atoms with van der Waals surface area (Å²) >= 11 is 18.1. The van der Waals surface area contributed by atoms with Gasteiger partial charge in [-0.15, -0.1) is 0 Å². The number of ether oxygens (including phenoxy) is 2. The molecule has 3 aromatic rings. The molecule has 2 aromatic heterocycles. The van der Waals surface area contributed by atoms with Gasteiger partial charge in [0.25, 0.3) is 5.91 Å². The number of piperidine rings is 1.